The number of nitrogens with zero attached hydrogens (tertiary/aromatic N) is 3. The zero-order valence-electron chi connectivity index (χ0n) is 14.1. The topological polar surface area (TPSA) is 73.4 Å². The average molecular weight is 363 g/mol. The smallest absolute Gasteiger partial charge is 0.255 e. The molecule has 0 aliphatic carbocycles. The number of aromatic nitrogens is 2. The van der Waals surface area contributed by atoms with Crippen LogP contribution in [-0.2, 0) is 17.9 Å². The summed E-state index contributed by atoms with van der Waals surface area (Å²) in [5.74, 6) is 0.774. The van der Waals surface area contributed by atoms with Crippen molar-refractivity contribution in [3.63, 3.8) is 0 Å². The van der Waals surface area contributed by atoms with Crippen LogP contribution < -0.4 is 10.5 Å². The van der Waals surface area contributed by atoms with Crippen molar-refractivity contribution in [1.82, 2.24) is 14.5 Å². The van der Waals surface area contributed by atoms with E-state index in [1.807, 2.05) is 24.8 Å². The van der Waals surface area contributed by atoms with Crippen LogP contribution in [0.15, 0.2) is 36.9 Å². The molecule has 0 saturated carbocycles. The predicted octanol–water partition coefficient (Wildman–Crippen LogP) is 2.31. The fraction of sp³-hybridized carbons (Fsp3) is 0.444. The Morgan fingerprint density at radius 2 is 2.32 bits per heavy atom. The van der Waals surface area contributed by atoms with Crippen molar-refractivity contribution in [2.75, 3.05) is 19.7 Å². The molecule has 1 aliphatic heterocycles. The molecule has 1 atom stereocenters. The Bertz CT molecular complexity index is 705. The van der Waals surface area contributed by atoms with E-state index in [0.717, 1.165) is 38.2 Å². The molecule has 134 valence electrons. The molecule has 2 N–H and O–H groups in total. The second kappa shape index (κ2) is 8.36. The van der Waals surface area contributed by atoms with Crippen molar-refractivity contribution in [3.8, 4) is 5.75 Å². The van der Waals surface area contributed by atoms with Gasteiger partial charge in [0.25, 0.3) is 5.91 Å². The first-order chi connectivity index (χ1) is 12.1. The van der Waals surface area contributed by atoms with E-state index in [9.17, 15) is 4.79 Å². The van der Waals surface area contributed by atoms with Crippen LogP contribution >= 0.6 is 11.6 Å². The molecule has 0 radical (unpaired) electrons. The molecule has 1 fully saturated rings. The quantitative estimate of drug-likeness (QED) is 0.820. The number of hydrogen-bond donors (Lipinski definition) is 1. The van der Waals surface area contributed by atoms with Crippen molar-refractivity contribution >= 4 is 17.5 Å². The molecule has 1 aliphatic rings. The van der Waals surface area contributed by atoms with Gasteiger partial charge in [-0.15, -0.1) is 0 Å². The van der Waals surface area contributed by atoms with E-state index in [0.29, 0.717) is 16.7 Å². The zero-order valence-corrected chi connectivity index (χ0v) is 14.9. The molecule has 6 nitrogen and oxygen atoms in total. The molecule has 0 spiro atoms. The first-order valence-corrected chi connectivity index (χ1v) is 8.85. The normalized spacial score (nSPS) is 18.2. The number of rotatable bonds is 7. The summed E-state index contributed by atoms with van der Waals surface area (Å²) in [6.45, 7) is 3.66. The second-order valence-electron chi connectivity index (χ2n) is 6.51. The number of halogens is 1. The van der Waals surface area contributed by atoms with Gasteiger partial charge in [-0.2, -0.15) is 0 Å². The van der Waals surface area contributed by atoms with Gasteiger partial charge in [0, 0.05) is 42.6 Å². The lowest BCUT2D eigenvalue weighted by Gasteiger charge is -2.33. The number of carbonyl (C=O) groups excluding carboxylic acids is 1. The minimum atomic E-state index is -0.487. The Morgan fingerprint density at radius 3 is 3.08 bits per heavy atom. The number of nitrogens with two attached hydrogens (primary N) is 1. The average Bonchev–Trinajstić information content (AvgIpc) is 3.07. The van der Waals surface area contributed by atoms with Gasteiger partial charge in [-0.1, -0.05) is 11.6 Å². The van der Waals surface area contributed by atoms with Crippen molar-refractivity contribution in [1.29, 1.82) is 0 Å². The Labute approximate surface area is 152 Å². The maximum Gasteiger partial charge on any atom is 0.255 e. The van der Waals surface area contributed by atoms with Gasteiger partial charge in [0.2, 0.25) is 0 Å². The fourth-order valence-corrected chi connectivity index (χ4v) is 3.53. The molecular weight excluding hydrogens is 340 g/mol. The summed E-state index contributed by atoms with van der Waals surface area (Å²) in [5, 5.41) is 0.661. The summed E-state index contributed by atoms with van der Waals surface area (Å²) in [7, 11) is 0. The number of primary amides is 1. The fourth-order valence-electron chi connectivity index (χ4n) is 3.34. The molecule has 1 aromatic carbocycles. The number of amides is 1. The van der Waals surface area contributed by atoms with Crippen molar-refractivity contribution < 1.29 is 9.53 Å². The highest BCUT2D eigenvalue weighted by Crippen LogP contribution is 2.27. The maximum atomic E-state index is 11.0. The first kappa shape index (κ1) is 17.8. The summed E-state index contributed by atoms with van der Waals surface area (Å²) in [4.78, 5) is 17.5. The van der Waals surface area contributed by atoms with Gasteiger partial charge >= 0.3 is 0 Å². The van der Waals surface area contributed by atoms with Crippen LogP contribution in [0.5, 0.6) is 5.75 Å². The lowest BCUT2D eigenvalue weighted by molar-refractivity contribution is -0.119. The van der Waals surface area contributed by atoms with Crippen molar-refractivity contribution in [2.45, 2.75) is 25.9 Å². The number of piperidine rings is 1. The van der Waals surface area contributed by atoms with Gasteiger partial charge in [0.1, 0.15) is 5.75 Å². The largest absolute Gasteiger partial charge is 0.483 e. The molecule has 1 amide bonds. The number of likely N-dealkylation sites (tertiary alicyclic amines) is 1. The van der Waals surface area contributed by atoms with E-state index in [2.05, 4.69) is 14.5 Å². The Kier molecular flexibility index (Phi) is 5.94. The molecule has 0 bridgehead atoms. The second-order valence-corrected chi connectivity index (χ2v) is 6.95. The van der Waals surface area contributed by atoms with Crippen LogP contribution in [-0.4, -0.2) is 40.1 Å². The van der Waals surface area contributed by atoms with Crippen LogP contribution in [0, 0.1) is 5.92 Å². The molecule has 1 aromatic heterocycles. The Hall–Kier alpha value is -2.05. The van der Waals surface area contributed by atoms with Crippen LogP contribution in [0.25, 0.3) is 0 Å². The third-order valence-corrected chi connectivity index (χ3v) is 4.65. The number of imidazole rings is 1. The number of carbonyl (C=O) groups is 1. The molecule has 1 unspecified atom stereocenters. The number of benzene rings is 1. The van der Waals surface area contributed by atoms with E-state index in [-0.39, 0.29) is 6.61 Å². The Morgan fingerprint density at radius 1 is 1.44 bits per heavy atom. The van der Waals surface area contributed by atoms with Crippen molar-refractivity contribution in [2.24, 2.45) is 11.7 Å². The SMILES string of the molecule is NC(=O)COc1ccc(Cl)cc1CN1CCCC(Cn2ccnc2)C1. The van der Waals surface area contributed by atoms with Gasteiger partial charge in [0.05, 0.1) is 6.33 Å². The van der Waals surface area contributed by atoms with Crippen molar-refractivity contribution in [3.05, 3.63) is 47.5 Å². The highest BCUT2D eigenvalue weighted by Gasteiger charge is 2.21. The molecule has 2 heterocycles. The van der Waals surface area contributed by atoms with Crippen LogP contribution in [0.1, 0.15) is 18.4 Å². The first-order valence-electron chi connectivity index (χ1n) is 8.48. The maximum absolute atomic E-state index is 11.0. The van der Waals surface area contributed by atoms with E-state index in [4.69, 9.17) is 22.1 Å². The van der Waals surface area contributed by atoms with E-state index < -0.39 is 5.91 Å². The zero-order chi connectivity index (χ0) is 17.6. The lowest BCUT2D eigenvalue weighted by Crippen LogP contribution is -2.36. The van der Waals surface area contributed by atoms with Gasteiger partial charge < -0.3 is 15.0 Å². The van der Waals surface area contributed by atoms with E-state index >= 15 is 0 Å². The summed E-state index contributed by atoms with van der Waals surface area (Å²) >= 11 is 6.14. The summed E-state index contributed by atoms with van der Waals surface area (Å²) in [5.41, 5.74) is 6.16. The van der Waals surface area contributed by atoms with Crippen LogP contribution in [0.2, 0.25) is 5.02 Å². The molecule has 7 heteroatoms. The van der Waals surface area contributed by atoms with E-state index in [1.54, 1.807) is 12.1 Å². The van der Waals surface area contributed by atoms with Gasteiger partial charge in [0.15, 0.2) is 6.61 Å². The lowest BCUT2D eigenvalue weighted by atomic mass is 9.97. The molecule has 2 aromatic rings. The monoisotopic (exact) mass is 362 g/mol. The standard InChI is InChI=1S/C18H23ClN4O2/c19-16-3-4-17(25-12-18(20)24)15(8-16)11-22-6-1-2-14(9-22)10-23-7-5-21-13-23/h3-5,7-8,13-14H,1-2,6,9-12H2,(H2,20,24). The van der Waals surface area contributed by atoms with Gasteiger partial charge in [-0.3, -0.25) is 9.69 Å². The predicted molar refractivity (Wildman–Crippen MR) is 96.4 cm³/mol. The Balaban J connectivity index is 1.64. The number of hydrogen-bond acceptors (Lipinski definition) is 4. The third kappa shape index (κ3) is 5.21. The summed E-state index contributed by atoms with van der Waals surface area (Å²) in [6, 6.07) is 5.46. The summed E-state index contributed by atoms with van der Waals surface area (Å²) in [6.07, 6.45) is 8.07. The van der Waals surface area contributed by atoms with Crippen LogP contribution in [0.4, 0.5) is 0 Å². The highest BCUT2D eigenvalue weighted by molar-refractivity contribution is 6.30. The van der Waals surface area contributed by atoms with Gasteiger partial charge in [-0.05, 0) is 43.5 Å². The molecule has 3 rings (SSSR count). The molecule has 25 heavy (non-hydrogen) atoms. The molecule has 1 saturated heterocycles. The molecular formula is C18H23ClN4O2. The minimum absolute atomic E-state index is 0.127. The summed E-state index contributed by atoms with van der Waals surface area (Å²) < 4.78 is 7.67. The van der Waals surface area contributed by atoms with E-state index in [1.165, 1.54) is 6.42 Å². The minimum Gasteiger partial charge on any atom is -0.483 e. The van der Waals surface area contributed by atoms with Crippen LogP contribution in [0.3, 0.4) is 0 Å². The third-order valence-electron chi connectivity index (χ3n) is 4.42. The number of ether oxygens (including phenoxy) is 1. The highest BCUT2D eigenvalue weighted by atomic mass is 35.5. The van der Waals surface area contributed by atoms with Gasteiger partial charge in [-0.25, -0.2) is 4.98 Å².